The molecule has 0 aliphatic rings. The molecular weight excluding hydrogens is 374 g/mol. The van der Waals surface area contributed by atoms with Crippen LogP contribution in [-0.2, 0) is 16.4 Å². The number of nitrogens with one attached hydrogen (secondary N) is 1. The predicted octanol–water partition coefficient (Wildman–Crippen LogP) is 3.42. The molecule has 0 unspecified atom stereocenters. The molecule has 1 N–H and O–H groups in total. The summed E-state index contributed by atoms with van der Waals surface area (Å²) < 4.78 is 28.5. The van der Waals surface area contributed by atoms with E-state index in [2.05, 4.69) is 9.71 Å². The summed E-state index contributed by atoms with van der Waals surface area (Å²) in [5.41, 5.74) is 0.874. The molecule has 0 fully saturated rings. The van der Waals surface area contributed by atoms with Crippen molar-refractivity contribution in [2.75, 3.05) is 6.54 Å². The Morgan fingerprint density at radius 3 is 2.69 bits per heavy atom. The highest BCUT2D eigenvalue weighted by atomic mass is 32.2. The van der Waals surface area contributed by atoms with Crippen LogP contribution >= 0.6 is 11.3 Å². The smallest absolute Gasteiger partial charge is 0.258 e. The maximum absolute atomic E-state index is 12.4. The van der Waals surface area contributed by atoms with Crippen LogP contribution in [0.4, 0.5) is 5.69 Å². The fraction of sp³-hybridized carbons (Fsp3) is 0.235. The average molecular weight is 391 g/mol. The van der Waals surface area contributed by atoms with Crippen molar-refractivity contribution in [2.24, 2.45) is 0 Å². The number of rotatable bonds is 7. The van der Waals surface area contributed by atoms with Gasteiger partial charge in [-0.2, -0.15) is 0 Å². The summed E-state index contributed by atoms with van der Waals surface area (Å²) in [4.78, 5) is 14.8. The van der Waals surface area contributed by atoms with Crippen molar-refractivity contribution in [3.05, 3.63) is 63.1 Å². The first-order valence-electron chi connectivity index (χ1n) is 7.96. The number of hydrogen-bond donors (Lipinski definition) is 1. The van der Waals surface area contributed by atoms with Gasteiger partial charge in [0.2, 0.25) is 10.0 Å². The van der Waals surface area contributed by atoms with Crippen LogP contribution in [0, 0.1) is 17.0 Å². The molecule has 7 nitrogen and oxygen atoms in total. The monoisotopic (exact) mass is 391 g/mol. The van der Waals surface area contributed by atoms with Gasteiger partial charge in [0.25, 0.3) is 5.69 Å². The van der Waals surface area contributed by atoms with Crippen LogP contribution in [0.5, 0.6) is 0 Å². The molecule has 0 saturated carbocycles. The van der Waals surface area contributed by atoms with Gasteiger partial charge in [-0.25, -0.2) is 18.1 Å². The number of nitro groups is 1. The highest BCUT2D eigenvalue weighted by Gasteiger charge is 2.22. The molecule has 0 aliphatic carbocycles. The first-order chi connectivity index (χ1) is 12.4. The van der Waals surface area contributed by atoms with Crippen molar-refractivity contribution < 1.29 is 13.3 Å². The molecule has 0 spiro atoms. The number of nitrogens with zero attached hydrogens (tertiary/aromatic N) is 2. The normalized spacial score (nSPS) is 11.7. The first kappa shape index (κ1) is 18.4. The third-order valence-corrected chi connectivity index (χ3v) is 6.64. The molecule has 1 heterocycles. The maximum Gasteiger partial charge on any atom is 0.273 e. The minimum atomic E-state index is -3.80. The number of para-hydroxylation sites is 1. The molecule has 136 valence electrons. The van der Waals surface area contributed by atoms with E-state index in [1.54, 1.807) is 11.3 Å². The van der Waals surface area contributed by atoms with Crippen LogP contribution in [0.1, 0.15) is 17.0 Å². The maximum atomic E-state index is 12.4. The first-order valence-corrected chi connectivity index (χ1v) is 10.3. The van der Waals surface area contributed by atoms with Crippen molar-refractivity contribution in [2.45, 2.75) is 24.7 Å². The third kappa shape index (κ3) is 3.90. The van der Waals surface area contributed by atoms with Crippen molar-refractivity contribution in [3.8, 4) is 0 Å². The third-order valence-electron chi connectivity index (χ3n) is 3.94. The Balaban J connectivity index is 1.63. The molecule has 26 heavy (non-hydrogen) atoms. The van der Waals surface area contributed by atoms with E-state index >= 15 is 0 Å². The summed E-state index contributed by atoms with van der Waals surface area (Å²) in [5, 5.41) is 11.9. The lowest BCUT2D eigenvalue weighted by atomic mass is 10.2. The number of fused-ring (bicyclic) bond motifs is 1. The Hall–Kier alpha value is -2.36. The number of thiazole rings is 1. The van der Waals surface area contributed by atoms with Gasteiger partial charge in [-0.05, 0) is 31.5 Å². The molecule has 0 amide bonds. The molecule has 9 heteroatoms. The highest BCUT2D eigenvalue weighted by molar-refractivity contribution is 7.89. The van der Waals surface area contributed by atoms with Gasteiger partial charge < -0.3 is 0 Å². The van der Waals surface area contributed by atoms with Crippen LogP contribution in [0.2, 0.25) is 0 Å². The predicted molar refractivity (Wildman–Crippen MR) is 101 cm³/mol. The van der Waals surface area contributed by atoms with E-state index in [0.29, 0.717) is 12.8 Å². The molecule has 1 aromatic heterocycles. The second-order valence-electron chi connectivity index (χ2n) is 5.73. The lowest BCUT2D eigenvalue weighted by Crippen LogP contribution is -2.26. The topological polar surface area (TPSA) is 102 Å². The molecule has 0 aliphatic heterocycles. The van der Waals surface area contributed by atoms with E-state index in [1.807, 2.05) is 24.3 Å². The summed E-state index contributed by atoms with van der Waals surface area (Å²) in [7, 11) is -3.80. The van der Waals surface area contributed by atoms with Crippen molar-refractivity contribution >= 4 is 37.3 Å². The fourth-order valence-corrected chi connectivity index (χ4v) is 4.99. The average Bonchev–Trinajstić information content (AvgIpc) is 3.01. The molecule has 0 bridgehead atoms. The zero-order chi connectivity index (χ0) is 18.7. The van der Waals surface area contributed by atoms with Crippen LogP contribution in [0.15, 0.2) is 47.4 Å². The van der Waals surface area contributed by atoms with Gasteiger partial charge in [-0.3, -0.25) is 10.1 Å². The van der Waals surface area contributed by atoms with Gasteiger partial charge in [0.05, 0.1) is 25.0 Å². The SMILES string of the molecule is Cc1c([N+](=O)[O-])cccc1S(=O)(=O)NCCCc1nc2ccccc2s1. The van der Waals surface area contributed by atoms with E-state index in [1.165, 1.54) is 25.1 Å². The van der Waals surface area contributed by atoms with Crippen LogP contribution < -0.4 is 4.72 Å². The molecule has 3 aromatic rings. The number of hydrogen-bond acceptors (Lipinski definition) is 6. The molecule has 0 atom stereocenters. The minimum Gasteiger partial charge on any atom is -0.258 e. The fourth-order valence-electron chi connectivity index (χ4n) is 2.64. The quantitative estimate of drug-likeness (QED) is 0.378. The van der Waals surface area contributed by atoms with Gasteiger partial charge >= 0.3 is 0 Å². The van der Waals surface area contributed by atoms with Gasteiger partial charge in [-0.15, -0.1) is 11.3 Å². The summed E-state index contributed by atoms with van der Waals surface area (Å²) >= 11 is 1.60. The Labute approximate surface area is 154 Å². The standard InChI is InChI=1S/C17H17N3O4S2/c1-12-14(20(21)22)7-4-9-16(12)26(23,24)18-11-5-10-17-19-13-6-2-3-8-15(13)25-17/h2-4,6-9,18H,5,10-11H2,1H3. The number of benzene rings is 2. The summed E-state index contributed by atoms with van der Waals surface area (Å²) in [6.45, 7) is 1.67. The molecule has 0 radical (unpaired) electrons. The van der Waals surface area contributed by atoms with Crippen molar-refractivity contribution in [3.63, 3.8) is 0 Å². The second-order valence-corrected chi connectivity index (χ2v) is 8.58. The molecular formula is C17H17N3O4S2. The zero-order valence-electron chi connectivity index (χ0n) is 14.0. The molecule has 2 aromatic carbocycles. The molecule has 3 rings (SSSR count). The lowest BCUT2D eigenvalue weighted by molar-refractivity contribution is -0.385. The summed E-state index contributed by atoms with van der Waals surface area (Å²) in [5.74, 6) is 0. The van der Waals surface area contributed by atoms with Gasteiger partial charge in [0.1, 0.15) is 0 Å². The van der Waals surface area contributed by atoms with Crippen molar-refractivity contribution in [1.82, 2.24) is 9.71 Å². The highest BCUT2D eigenvalue weighted by Crippen LogP contribution is 2.25. The number of sulfonamides is 1. The van der Waals surface area contributed by atoms with E-state index in [0.717, 1.165) is 15.2 Å². The van der Waals surface area contributed by atoms with E-state index in [-0.39, 0.29) is 22.7 Å². The van der Waals surface area contributed by atoms with E-state index in [9.17, 15) is 18.5 Å². The van der Waals surface area contributed by atoms with E-state index < -0.39 is 14.9 Å². The second kappa shape index (κ2) is 7.48. The summed E-state index contributed by atoms with van der Waals surface area (Å²) in [6.07, 6.45) is 1.25. The Morgan fingerprint density at radius 1 is 1.19 bits per heavy atom. The Morgan fingerprint density at radius 2 is 1.96 bits per heavy atom. The van der Waals surface area contributed by atoms with Gasteiger partial charge in [-0.1, -0.05) is 18.2 Å². The number of aromatic nitrogens is 1. The van der Waals surface area contributed by atoms with Gasteiger partial charge in [0.15, 0.2) is 0 Å². The lowest BCUT2D eigenvalue weighted by Gasteiger charge is -2.09. The van der Waals surface area contributed by atoms with E-state index in [4.69, 9.17) is 0 Å². The Kier molecular flexibility index (Phi) is 5.30. The van der Waals surface area contributed by atoms with Crippen LogP contribution in [0.3, 0.4) is 0 Å². The number of aryl methyl sites for hydroxylation is 1. The zero-order valence-corrected chi connectivity index (χ0v) is 15.6. The van der Waals surface area contributed by atoms with Gasteiger partial charge in [0, 0.05) is 24.6 Å². The van der Waals surface area contributed by atoms with Crippen molar-refractivity contribution in [1.29, 1.82) is 0 Å². The minimum absolute atomic E-state index is 0.0633. The van der Waals surface area contributed by atoms with Crippen LogP contribution in [0.25, 0.3) is 10.2 Å². The number of nitro benzene ring substituents is 1. The molecule has 0 saturated heterocycles. The summed E-state index contributed by atoms with van der Waals surface area (Å²) in [6, 6.07) is 11.9. The largest absolute Gasteiger partial charge is 0.273 e. The van der Waals surface area contributed by atoms with Crippen LogP contribution in [-0.4, -0.2) is 24.9 Å². The Bertz CT molecular complexity index is 1030.